The predicted octanol–water partition coefficient (Wildman–Crippen LogP) is 3.25. The first-order chi connectivity index (χ1) is 9.22. The minimum atomic E-state index is -0.456. The number of cyclic esters (lactones) is 1. The molecule has 0 saturated heterocycles. The first-order valence-corrected chi connectivity index (χ1v) is 7.12. The molecule has 0 amide bonds. The van der Waals surface area contributed by atoms with Crippen molar-refractivity contribution in [3.8, 4) is 0 Å². The highest BCUT2D eigenvalue weighted by atomic mass is 79.9. The van der Waals surface area contributed by atoms with Gasteiger partial charge in [-0.3, -0.25) is 0 Å². The number of halogens is 1. The SMILES string of the molecule is O=C1OC(c2cccc(Br)c2)=N/C1=C/c1cscn1. The van der Waals surface area contributed by atoms with Gasteiger partial charge in [-0.1, -0.05) is 22.0 Å². The molecule has 0 spiro atoms. The molecule has 2 heterocycles. The first-order valence-electron chi connectivity index (χ1n) is 5.39. The molecule has 94 valence electrons. The van der Waals surface area contributed by atoms with Crippen LogP contribution in [0.15, 0.2) is 50.3 Å². The molecule has 0 unspecified atom stereocenters. The van der Waals surface area contributed by atoms with Crippen molar-refractivity contribution in [2.45, 2.75) is 0 Å². The molecular formula is C13H7BrN2O2S. The van der Waals surface area contributed by atoms with Gasteiger partial charge in [0.25, 0.3) is 0 Å². The number of ether oxygens (including phenoxy) is 1. The van der Waals surface area contributed by atoms with Crippen molar-refractivity contribution in [1.82, 2.24) is 4.98 Å². The van der Waals surface area contributed by atoms with Crippen molar-refractivity contribution in [2.24, 2.45) is 4.99 Å². The second-order valence-electron chi connectivity index (χ2n) is 3.76. The van der Waals surface area contributed by atoms with Gasteiger partial charge in [0.15, 0.2) is 5.70 Å². The van der Waals surface area contributed by atoms with Crippen molar-refractivity contribution in [3.05, 3.63) is 56.6 Å². The third-order valence-electron chi connectivity index (χ3n) is 2.43. The van der Waals surface area contributed by atoms with E-state index in [0.29, 0.717) is 11.6 Å². The molecule has 1 aromatic carbocycles. The third kappa shape index (κ3) is 2.64. The largest absolute Gasteiger partial charge is 0.402 e. The van der Waals surface area contributed by atoms with E-state index in [9.17, 15) is 4.79 Å². The topological polar surface area (TPSA) is 51.5 Å². The van der Waals surface area contributed by atoms with E-state index in [1.54, 1.807) is 11.6 Å². The molecule has 0 atom stereocenters. The van der Waals surface area contributed by atoms with Crippen LogP contribution in [0.2, 0.25) is 0 Å². The smallest absolute Gasteiger partial charge is 0.363 e. The Hall–Kier alpha value is -1.79. The molecule has 0 radical (unpaired) electrons. The number of rotatable bonds is 2. The Morgan fingerprint density at radius 3 is 3.00 bits per heavy atom. The zero-order valence-electron chi connectivity index (χ0n) is 9.54. The summed E-state index contributed by atoms with van der Waals surface area (Å²) in [6.45, 7) is 0. The number of nitrogens with zero attached hydrogens (tertiary/aromatic N) is 2. The Morgan fingerprint density at radius 1 is 1.37 bits per heavy atom. The maximum atomic E-state index is 11.7. The minimum absolute atomic E-state index is 0.265. The second kappa shape index (κ2) is 5.07. The lowest BCUT2D eigenvalue weighted by Crippen LogP contribution is -2.05. The maximum Gasteiger partial charge on any atom is 0.363 e. The average molecular weight is 335 g/mol. The summed E-state index contributed by atoms with van der Waals surface area (Å²) in [5.41, 5.74) is 3.42. The lowest BCUT2D eigenvalue weighted by atomic mass is 10.2. The molecule has 2 aromatic rings. The number of carbonyl (C=O) groups excluding carboxylic acids is 1. The van der Waals surface area contributed by atoms with E-state index in [2.05, 4.69) is 25.9 Å². The van der Waals surface area contributed by atoms with E-state index in [4.69, 9.17) is 4.74 Å². The third-order valence-corrected chi connectivity index (χ3v) is 3.53. The first kappa shape index (κ1) is 12.3. The van der Waals surface area contributed by atoms with Crippen LogP contribution in [0.1, 0.15) is 11.3 Å². The van der Waals surface area contributed by atoms with Gasteiger partial charge in [0, 0.05) is 15.4 Å². The van der Waals surface area contributed by atoms with Crippen LogP contribution >= 0.6 is 27.3 Å². The Morgan fingerprint density at radius 2 is 2.26 bits per heavy atom. The number of thiazole rings is 1. The lowest BCUT2D eigenvalue weighted by molar-refractivity contribution is -0.129. The molecular weight excluding hydrogens is 328 g/mol. The van der Waals surface area contributed by atoms with Gasteiger partial charge in [-0.05, 0) is 24.3 Å². The number of aromatic nitrogens is 1. The minimum Gasteiger partial charge on any atom is -0.402 e. The van der Waals surface area contributed by atoms with Gasteiger partial charge in [0.1, 0.15) is 0 Å². The van der Waals surface area contributed by atoms with Gasteiger partial charge >= 0.3 is 5.97 Å². The molecule has 0 saturated carbocycles. The van der Waals surface area contributed by atoms with Crippen LogP contribution in [-0.4, -0.2) is 16.9 Å². The average Bonchev–Trinajstić information content (AvgIpc) is 3.01. The monoisotopic (exact) mass is 334 g/mol. The summed E-state index contributed by atoms with van der Waals surface area (Å²) in [6, 6.07) is 7.44. The van der Waals surface area contributed by atoms with Crippen LogP contribution in [0.4, 0.5) is 0 Å². The molecule has 1 aromatic heterocycles. The van der Waals surface area contributed by atoms with E-state index in [1.165, 1.54) is 11.3 Å². The molecule has 1 aliphatic heterocycles. The Bertz CT molecular complexity index is 692. The van der Waals surface area contributed by atoms with Crippen LogP contribution in [0.3, 0.4) is 0 Å². The quantitative estimate of drug-likeness (QED) is 0.625. The number of aliphatic imine (C=N–C) groups is 1. The number of carbonyl (C=O) groups is 1. The standard InChI is InChI=1S/C13H7BrN2O2S/c14-9-3-1-2-8(4-9)12-16-11(13(17)18-12)5-10-6-19-7-15-10/h1-7H/b11-5+. The summed E-state index contributed by atoms with van der Waals surface area (Å²) in [5, 5.41) is 1.84. The van der Waals surface area contributed by atoms with Gasteiger partial charge in [-0.25, -0.2) is 14.8 Å². The zero-order valence-corrected chi connectivity index (χ0v) is 11.9. The second-order valence-corrected chi connectivity index (χ2v) is 5.39. The van der Waals surface area contributed by atoms with Crippen molar-refractivity contribution < 1.29 is 9.53 Å². The van der Waals surface area contributed by atoms with Crippen LogP contribution in [0.5, 0.6) is 0 Å². The molecule has 0 aliphatic carbocycles. The zero-order chi connectivity index (χ0) is 13.2. The summed E-state index contributed by atoms with van der Waals surface area (Å²) in [4.78, 5) is 20.0. The molecule has 1 aliphatic rings. The molecule has 0 N–H and O–H groups in total. The van der Waals surface area contributed by atoms with Crippen LogP contribution in [0.25, 0.3) is 6.08 Å². The van der Waals surface area contributed by atoms with Crippen LogP contribution < -0.4 is 0 Å². The van der Waals surface area contributed by atoms with Gasteiger partial charge < -0.3 is 4.74 Å². The highest BCUT2D eigenvalue weighted by Crippen LogP contribution is 2.20. The van der Waals surface area contributed by atoms with E-state index < -0.39 is 5.97 Å². The summed E-state index contributed by atoms with van der Waals surface area (Å²) in [7, 11) is 0. The van der Waals surface area contributed by atoms with Crippen molar-refractivity contribution in [3.63, 3.8) is 0 Å². The Labute approximate surface area is 121 Å². The molecule has 0 fully saturated rings. The molecule has 19 heavy (non-hydrogen) atoms. The maximum absolute atomic E-state index is 11.7. The van der Waals surface area contributed by atoms with Crippen molar-refractivity contribution >= 4 is 45.2 Å². The van der Waals surface area contributed by atoms with E-state index >= 15 is 0 Å². The van der Waals surface area contributed by atoms with Crippen molar-refractivity contribution in [1.29, 1.82) is 0 Å². The predicted molar refractivity (Wildman–Crippen MR) is 76.9 cm³/mol. The van der Waals surface area contributed by atoms with Gasteiger partial charge in [-0.15, -0.1) is 11.3 Å². The Kier molecular flexibility index (Phi) is 3.27. The fraction of sp³-hybridized carbons (Fsp3) is 0. The van der Waals surface area contributed by atoms with Gasteiger partial charge in [0.05, 0.1) is 11.2 Å². The number of hydrogen-bond acceptors (Lipinski definition) is 5. The highest BCUT2D eigenvalue weighted by molar-refractivity contribution is 9.10. The fourth-order valence-electron chi connectivity index (χ4n) is 1.59. The fourth-order valence-corrected chi connectivity index (χ4v) is 2.50. The number of benzene rings is 1. The van der Waals surface area contributed by atoms with E-state index in [1.807, 2.05) is 29.6 Å². The lowest BCUT2D eigenvalue weighted by Gasteiger charge is -1.99. The molecule has 6 heteroatoms. The highest BCUT2D eigenvalue weighted by Gasteiger charge is 2.24. The van der Waals surface area contributed by atoms with Crippen LogP contribution in [-0.2, 0) is 9.53 Å². The molecule has 4 nitrogen and oxygen atoms in total. The summed E-state index contributed by atoms with van der Waals surface area (Å²) in [6.07, 6.45) is 1.61. The normalized spacial score (nSPS) is 16.6. The number of hydrogen-bond donors (Lipinski definition) is 0. The molecule has 3 rings (SSSR count). The van der Waals surface area contributed by atoms with Gasteiger partial charge in [-0.2, -0.15) is 0 Å². The summed E-state index contributed by atoms with van der Waals surface area (Å²) in [5.74, 6) is -0.143. The van der Waals surface area contributed by atoms with E-state index in [0.717, 1.165) is 10.0 Å². The molecule has 0 bridgehead atoms. The summed E-state index contributed by atoms with van der Waals surface area (Å²) < 4.78 is 6.06. The summed E-state index contributed by atoms with van der Waals surface area (Å²) >= 11 is 4.83. The van der Waals surface area contributed by atoms with Gasteiger partial charge in [0.2, 0.25) is 5.90 Å². The van der Waals surface area contributed by atoms with Crippen molar-refractivity contribution in [2.75, 3.05) is 0 Å². The Balaban J connectivity index is 1.95. The van der Waals surface area contributed by atoms with Crippen LogP contribution in [0, 0.1) is 0 Å². The van der Waals surface area contributed by atoms with E-state index in [-0.39, 0.29) is 5.70 Å². The number of esters is 1.